The maximum Gasteiger partial charge on any atom is 0.340 e. The number of anilines is 1. The lowest BCUT2D eigenvalue weighted by Gasteiger charge is -2.18. The summed E-state index contributed by atoms with van der Waals surface area (Å²) < 4.78 is 48.0. The van der Waals surface area contributed by atoms with Gasteiger partial charge in [-0.1, -0.05) is 11.6 Å². The van der Waals surface area contributed by atoms with Crippen LogP contribution in [0.25, 0.3) is 0 Å². The van der Waals surface area contributed by atoms with E-state index in [0.29, 0.717) is 0 Å². The standard InChI is InChI=1S/C20H23ClN2O8S/c1-11(23-32(26,27)18-8-12(21)6-7-15(18)28-2)19(24)22-14-10-17(30-4)16(29-3)9-13(14)20(25)31-5/h6-11,23H,1-5H3,(H,22,24)/t11-/m1/s1. The van der Waals surface area contributed by atoms with Crippen LogP contribution in [0.5, 0.6) is 17.2 Å². The summed E-state index contributed by atoms with van der Waals surface area (Å²) in [6.45, 7) is 1.34. The van der Waals surface area contributed by atoms with E-state index < -0.39 is 27.9 Å². The van der Waals surface area contributed by atoms with Gasteiger partial charge in [0.1, 0.15) is 10.6 Å². The molecule has 0 radical (unpaired) electrons. The van der Waals surface area contributed by atoms with Crippen molar-refractivity contribution in [3.05, 3.63) is 40.9 Å². The number of amides is 1. The zero-order chi connectivity index (χ0) is 24.1. The Bertz CT molecular complexity index is 1120. The first-order chi connectivity index (χ1) is 15.1. The summed E-state index contributed by atoms with van der Waals surface area (Å²) in [5, 5.41) is 2.68. The van der Waals surface area contributed by atoms with Crippen molar-refractivity contribution in [1.82, 2.24) is 4.72 Å². The molecule has 0 aliphatic heterocycles. The molecule has 2 aromatic carbocycles. The fraction of sp³-hybridized carbons (Fsp3) is 0.300. The second-order valence-corrected chi connectivity index (χ2v) is 8.49. The SMILES string of the molecule is COC(=O)c1cc(OC)c(OC)cc1NC(=O)[C@@H](C)NS(=O)(=O)c1cc(Cl)ccc1OC. The van der Waals surface area contributed by atoms with Gasteiger partial charge in [-0.3, -0.25) is 4.79 Å². The highest BCUT2D eigenvalue weighted by atomic mass is 35.5. The highest BCUT2D eigenvalue weighted by molar-refractivity contribution is 7.89. The molecule has 2 aromatic rings. The number of halogens is 1. The third kappa shape index (κ3) is 5.61. The first-order valence-corrected chi connectivity index (χ1v) is 10.9. The Hall–Kier alpha value is -3.02. The van der Waals surface area contributed by atoms with Crippen LogP contribution in [0.15, 0.2) is 35.2 Å². The summed E-state index contributed by atoms with van der Waals surface area (Å²) in [5.41, 5.74) is 0.0379. The van der Waals surface area contributed by atoms with Crippen LogP contribution in [0.1, 0.15) is 17.3 Å². The molecule has 0 aliphatic carbocycles. The van der Waals surface area contributed by atoms with E-state index in [1.54, 1.807) is 0 Å². The molecule has 0 aliphatic rings. The minimum Gasteiger partial charge on any atom is -0.495 e. The van der Waals surface area contributed by atoms with E-state index in [9.17, 15) is 18.0 Å². The minimum absolute atomic E-state index is 0.00920. The van der Waals surface area contributed by atoms with E-state index in [1.807, 2.05) is 0 Å². The molecule has 0 heterocycles. The van der Waals surface area contributed by atoms with Gasteiger partial charge in [0.25, 0.3) is 0 Å². The second-order valence-electron chi connectivity index (χ2n) is 6.37. The zero-order valence-electron chi connectivity index (χ0n) is 18.0. The predicted molar refractivity (Wildman–Crippen MR) is 117 cm³/mol. The molecular formula is C20H23ClN2O8S. The van der Waals surface area contributed by atoms with Crippen molar-refractivity contribution in [2.75, 3.05) is 33.8 Å². The largest absolute Gasteiger partial charge is 0.495 e. The predicted octanol–water partition coefficient (Wildman–Crippen LogP) is 2.46. The Morgan fingerprint density at radius 2 is 1.53 bits per heavy atom. The van der Waals surface area contributed by atoms with Gasteiger partial charge in [0, 0.05) is 17.2 Å². The molecule has 0 fully saturated rings. The number of hydrogen-bond donors (Lipinski definition) is 2. The lowest BCUT2D eigenvalue weighted by atomic mass is 10.1. The highest BCUT2D eigenvalue weighted by Gasteiger charge is 2.27. The summed E-state index contributed by atoms with van der Waals surface area (Å²) >= 11 is 5.91. The van der Waals surface area contributed by atoms with Crippen molar-refractivity contribution in [2.45, 2.75) is 17.9 Å². The molecule has 0 aromatic heterocycles. The van der Waals surface area contributed by atoms with E-state index in [1.165, 1.54) is 65.7 Å². The molecule has 2 rings (SSSR count). The van der Waals surface area contributed by atoms with Crippen molar-refractivity contribution >= 4 is 39.2 Å². The van der Waals surface area contributed by atoms with Gasteiger partial charge in [-0.25, -0.2) is 13.2 Å². The first-order valence-electron chi connectivity index (χ1n) is 9.09. The summed E-state index contributed by atoms with van der Waals surface area (Å²) in [5.74, 6) is -0.937. The van der Waals surface area contributed by atoms with Gasteiger partial charge in [0.05, 0.1) is 45.7 Å². The molecule has 2 N–H and O–H groups in total. The number of ether oxygens (including phenoxy) is 4. The number of carbonyl (C=O) groups is 2. The van der Waals surface area contributed by atoms with Gasteiger partial charge in [-0.2, -0.15) is 4.72 Å². The van der Waals surface area contributed by atoms with Crippen LogP contribution in [0, 0.1) is 0 Å². The molecule has 0 saturated carbocycles. The van der Waals surface area contributed by atoms with Gasteiger partial charge < -0.3 is 24.3 Å². The third-order valence-corrected chi connectivity index (χ3v) is 6.12. The number of hydrogen-bond acceptors (Lipinski definition) is 8. The topological polar surface area (TPSA) is 129 Å². The highest BCUT2D eigenvalue weighted by Crippen LogP contribution is 2.34. The lowest BCUT2D eigenvalue weighted by molar-refractivity contribution is -0.117. The Labute approximate surface area is 190 Å². The molecule has 1 amide bonds. The first kappa shape index (κ1) is 25.2. The van der Waals surface area contributed by atoms with Crippen molar-refractivity contribution in [2.24, 2.45) is 0 Å². The van der Waals surface area contributed by atoms with E-state index in [-0.39, 0.29) is 38.4 Å². The summed E-state index contributed by atoms with van der Waals surface area (Å²) in [6.07, 6.45) is 0. The molecule has 174 valence electrons. The van der Waals surface area contributed by atoms with Crippen molar-refractivity contribution in [1.29, 1.82) is 0 Å². The molecule has 1 atom stereocenters. The smallest absolute Gasteiger partial charge is 0.340 e. The molecule has 0 unspecified atom stereocenters. The van der Waals surface area contributed by atoms with Crippen molar-refractivity contribution < 1.29 is 37.0 Å². The quantitative estimate of drug-likeness (QED) is 0.517. The lowest BCUT2D eigenvalue weighted by Crippen LogP contribution is -2.41. The molecule has 0 spiro atoms. The Morgan fingerprint density at radius 3 is 2.09 bits per heavy atom. The van der Waals surface area contributed by atoms with Gasteiger partial charge >= 0.3 is 5.97 Å². The van der Waals surface area contributed by atoms with Gasteiger partial charge in [-0.05, 0) is 25.1 Å². The fourth-order valence-corrected chi connectivity index (χ4v) is 4.35. The third-order valence-electron chi connectivity index (χ3n) is 4.33. The molecule has 0 saturated heterocycles. The van der Waals surface area contributed by atoms with Crippen LogP contribution in [-0.4, -0.2) is 54.8 Å². The summed E-state index contributed by atoms with van der Waals surface area (Å²) in [6, 6.07) is 5.55. The normalized spacial score (nSPS) is 11.9. The van der Waals surface area contributed by atoms with E-state index >= 15 is 0 Å². The van der Waals surface area contributed by atoms with Crippen molar-refractivity contribution in [3.63, 3.8) is 0 Å². The molecule has 12 heteroatoms. The van der Waals surface area contributed by atoms with Crippen LogP contribution < -0.4 is 24.2 Å². The number of benzene rings is 2. The van der Waals surface area contributed by atoms with E-state index in [4.69, 9.17) is 30.5 Å². The zero-order valence-corrected chi connectivity index (χ0v) is 19.6. The summed E-state index contributed by atoms with van der Waals surface area (Å²) in [7, 11) is 1.09. The number of rotatable bonds is 9. The molecular weight excluding hydrogens is 464 g/mol. The van der Waals surface area contributed by atoms with Crippen LogP contribution in [-0.2, 0) is 19.6 Å². The van der Waals surface area contributed by atoms with E-state index in [2.05, 4.69) is 10.0 Å². The van der Waals surface area contributed by atoms with Crippen LogP contribution in [0.2, 0.25) is 5.02 Å². The molecule has 32 heavy (non-hydrogen) atoms. The number of carbonyl (C=O) groups excluding carboxylic acids is 2. The number of sulfonamides is 1. The monoisotopic (exact) mass is 486 g/mol. The number of methoxy groups -OCH3 is 4. The average Bonchev–Trinajstić information content (AvgIpc) is 2.77. The van der Waals surface area contributed by atoms with Crippen molar-refractivity contribution in [3.8, 4) is 17.2 Å². The van der Waals surface area contributed by atoms with Crippen LogP contribution in [0.4, 0.5) is 5.69 Å². The Balaban J connectivity index is 2.33. The molecule has 10 nitrogen and oxygen atoms in total. The van der Waals surface area contributed by atoms with Gasteiger partial charge in [0.15, 0.2) is 11.5 Å². The summed E-state index contributed by atoms with van der Waals surface area (Å²) in [4.78, 5) is 24.7. The van der Waals surface area contributed by atoms with Crippen LogP contribution >= 0.6 is 11.6 Å². The second kappa shape index (κ2) is 10.5. The minimum atomic E-state index is -4.17. The van der Waals surface area contributed by atoms with Crippen LogP contribution in [0.3, 0.4) is 0 Å². The molecule has 0 bridgehead atoms. The average molecular weight is 487 g/mol. The van der Waals surface area contributed by atoms with Gasteiger partial charge in [0.2, 0.25) is 15.9 Å². The maximum atomic E-state index is 12.8. The number of nitrogens with one attached hydrogen (secondary N) is 2. The van der Waals surface area contributed by atoms with Gasteiger partial charge in [-0.15, -0.1) is 0 Å². The number of esters is 1. The Kier molecular flexibility index (Phi) is 8.31. The maximum absolute atomic E-state index is 12.8. The van der Waals surface area contributed by atoms with E-state index in [0.717, 1.165) is 0 Å². The fourth-order valence-electron chi connectivity index (χ4n) is 2.71. The Morgan fingerprint density at radius 1 is 0.938 bits per heavy atom.